The lowest BCUT2D eigenvalue weighted by atomic mass is 10.1. The molecule has 1 aromatic rings. The van der Waals surface area contributed by atoms with E-state index in [0.29, 0.717) is 0 Å². The lowest BCUT2D eigenvalue weighted by Crippen LogP contribution is -2.25. The third kappa shape index (κ3) is 2.05. The second kappa shape index (κ2) is 4.65. The van der Waals surface area contributed by atoms with Crippen LogP contribution in [0.1, 0.15) is 19.4 Å². The molecule has 3 nitrogen and oxygen atoms in total. The van der Waals surface area contributed by atoms with E-state index >= 15 is 0 Å². The van der Waals surface area contributed by atoms with E-state index < -0.39 is 0 Å². The molecule has 0 saturated heterocycles. The summed E-state index contributed by atoms with van der Waals surface area (Å²) in [5.41, 5.74) is 7.38. The first-order chi connectivity index (χ1) is 6.70. The monoisotopic (exact) mass is 191 g/mol. The fourth-order valence-corrected chi connectivity index (χ4v) is 1.54. The molecule has 0 radical (unpaired) electrons. The highest BCUT2D eigenvalue weighted by atomic mass is 15.1. The fourth-order valence-electron chi connectivity index (χ4n) is 1.54. The van der Waals surface area contributed by atoms with Crippen LogP contribution in [0.25, 0.3) is 0 Å². The Morgan fingerprint density at radius 1 is 1.29 bits per heavy atom. The highest BCUT2D eigenvalue weighted by molar-refractivity contribution is 6.00. The van der Waals surface area contributed by atoms with E-state index in [2.05, 4.69) is 18.7 Å². The standard InChI is InChI=1S/C11H17N3/c1-3-14(4-2)10-8-6-5-7-9(10)11(12)13/h5-8H,3-4H2,1-2H3,(H3,12,13). The van der Waals surface area contributed by atoms with Crippen molar-refractivity contribution in [3.05, 3.63) is 29.8 Å². The van der Waals surface area contributed by atoms with Gasteiger partial charge in [0.25, 0.3) is 0 Å². The molecule has 0 amide bonds. The number of hydrogen-bond donors (Lipinski definition) is 2. The van der Waals surface area contributed by atoms with Crippen molar-refractivity contribution in [3.8, 4) is 0 Å². The van der Waals surface area contributed by atoms with Crippen LogP contribution < -0.4 is 10.6 Å². The Balaban J connectivity index is 3.11. The molecule has 14 heavy (non-hydrogen) atoms. The minimum atomic E-state index is 0.132. The Hall–Kier alpha value is -1.51. The average molecular weight is 191 g/mol. The largest absolute Gasteiger partial charge is 0.384 e. The van der Waals surface area contributed by atoms with Gasteiger partial charge in [-0.05, 0) is 26.0 Å². The van der Waals surface area contributed by atoms with Crippen molar-refractivity contribution < 1.29 is 0 Å². The van der Waals surface area contributed by atoms with Crippen molar-refractivity contribution in [1.82, 2.24) is 0 Å². The zero-order valence-electron chi connectivity index (χ0n) is 8.75. The maximum absolute atomic E-state index is 7.47. The van der Waals surface area contributed by atoms with Crippen LogP contribution in [0.2, 0.25) is 0 Å². The van der Waals surface area contributed by atoms with Crippen LogP contribution in [0.5, 0.6) is 0 Å². The zero-order valence-corrected chi connectivity index (χ0v) is 8.75. The number of nitrogens with two attached hydrogens (primary N) is 1. The summed E-state index contributed by atoms with van der Waals surface area (Å²) in [6.45, 7) is 6.06. The predicted octanol–water partition coefficient (Wildman–Crippen LogP) is 1.82. The van der Waals surface area contributed by atoms with Crippen molar-refractivity contribution in [3.63, 3.8) is 0 Å². The van der Waals surface area contributed by atoms with E-state index in [0.717, 1.165) is 24.3 Å². The molecule has 3 N–H and O–H groups in total. The van der Waals surface area contributed by atoms with Crippen LogP contribution in [0.15, 0.2) is 24.3 Å². The van der Waals surface area contributed by atoms with Crippen molar-refractivity contribution in [2.75, 3.05) is 18.0 Å². The number of amidine groups is 1. The molecule has 1 aromatic carbocycles. The SMILES string of the molecule is CCN(CC)c1ccccc1C(=N)N. The van der Waals surface area contributed by atoms with E-state index in [4.69, 9.17) is 11.1 Å². The Morgan fingerprint density at radius 2 is 1.86 bits per heavy atom. The molecule has 0 bridgehead atoms. The molecule has 1 rings (SSSR count). The summed E-state index contributed by atoms with van der Waals surface area (Å²) in [5.74, 6) is 0.132. The molecule has 0 aliphatic heterocycles. The maximum Gasteiger partial charge on any atom is 0.124 e. The molecule has 76 valence electrons. The first-order valence-corrected chi connectivity index (χ1v) is 4.89. The van der Waals surface area contributed by atoms with Gasteiger partial charge in [-0.15, -0.1) is 0 Å². The number of para-hydroxylation sites is 1. The Kier molecular flexibility index (Phi) is 3.51. The van der Waals surface area contributed by atoms with Gasteiger partial charge in [0.05, 0.1) is 0 Å². The van der Waals surface area contributed by atoms with E-state index in [1.165, 1.54) is 0 Å². The maximum atomic E-state index is 7.47. The summed E-state index contributed by atoms with van der Waals surface area (Å²) in [5, 5.41) is 7.47. The van der Waals surface area contributed by atoms with Crippen LogP contribution in [-0.4, -0.2) is 18.9 Å². The van der Waals surface area contributed by atoms with Crippen LogP contribution in [-0.2, 0) is 0 Å². The van der Waals surface area contributed by atoms with Gasteiger partial charge < -0.3 is 10.6 Å². The first-order valence-electron chi connectivity index (χ1n) is 4.89. The molecule has 0 heterocycles. The summed E-state index contributed by atoms with van der Waals surface area (Å²) in [6, 6.07) is 7.77. The first kappa shape index (κ1) is 10.6. The molecular formula is C11H17N3. The minimum absolute atomic E-state index is 0.132. The molecule has 0 spiro atoms. The van der Waals surface area contributed by atoms with Crippen molar-refractivity contribution in [2.24, 2.45) is 5.73 Å². The number of rotatable bonds is 4. The summed E-state index contributed by atoms with van der Waals surface area (Å²) in [4.78, 5) is 2.19. The van der Waals surface area contributed by atoms with Gasteiger partial charge in [0.1, 0.15) is 5.84 Å². The average Bonchev–Trinajstić information content (AvgIpc) is 2.20. The third-order valence-corrected chi connectivity index (χ3v) is 2.30. The third-order valence-electron chi connectivity index (χ3n) is 2.30. The van der Waals surface area contributed by atoms with E-state index in [1.807, 2.05) is 24.3 Å². The number of nitrogens with zero attached hydrogens (tertiary/aromatic N) is 1. The highest BCUT2D eigenvalue weighted by Gasteiger charge is 2.08. The Morgan fingerprint density at radius 3 is 2.36 bits per heavy atom. The van der Waals surface area contributed by atoms with Crippen LogP contribution in [0.3, 0.4) is 0 Å². The smallest absolute Gasteiger partial charge is 0.124 e. The number of anilines is 1. The Bertz CT molecular complexity index is 316. The number of hydrogen-bond acceptors (Lipinski definition) is 2. The highest BCUT2D eigenvalue weighted by Crippen LogP contribution is 2.19. The number of benzene rings is 1. The lowest BCUT2D eigenvalue weighted by molar-refractivity contribution is 0.865. The zero-order chi connectivity index (χ0) is 10.6. The van der Waals surface area contributed by atoms with E-state index in [-0.39, 0.29) is 5.84 Å². The van der Waals surface area contributed by atoms with E-state index in [1.54, 1.807) is 0 Å². The normalized spacial score (nSPS) is 9.86. The topological polar surface area (TPSA) is 53.1 Å². The molecule has 0 unspecified atom stereocenters. The molecule has 0 atom stereocenters. The molecule has 0 aliphatic carbocycles. The number of nitrogens with one attached hydrogen (secondary N) is 1. The second-order valence-electron chi connectivity index (χ2n) is 3.10. The molecular weight excluding hydrogens is 174 g/mol. The van der Waals surface area contributed by atoms with Gasteiger partial charge in [0, 0.05) is 24.3 Å². The van der Waals surface area contributed by atoms with Crippen LogP contribution >= 0.6 is 0 Å². The summed E-state index contributed by atoms with van der Waals surface area (Å²) in [6.07, 6.45) is 0. The van der Waals surface area contributed by atoms with E-state index in [9.17, 15) is 0 Å². The summed E-state index contributed by atoms with van der Waals surface area (Å²) in [7, 11) is 0. The summed E-state index contributed by atoms with van der Waals surface area (Å²) >= 11 is 0. The van der Waals surface area contributed by atoms with Crippen LogP contribution in [0.4, 0.5) is 5.69 Å². The molecule has 0 aliphatic rings. The quantitative estimate of drug-likeness (QED) is 0.563. The van der Waals surface area contributed by atoms with Gasteiger partial charge in [-0.2, -0.15) is 0 Å². The minimum Gasteiger partial charge on any atom is -0.384 e. The molecule has 0 aromatic heterocycles. The molecule has 3 heteroatoms. The van der Waals surface area contributed by atoms with Gasteiger partial charge >= 0.3 is 0 Å². The number of nitrogen functional groups attached to an aromatic ring is 1. The molecule has 0 fully saturated rings. The van der Waals surface area contributed by atoms with Gasteiger partial charge in [0.15, 0.2) is 0 Å². The lowest BCUT2D eigenvalue weighted by Gasteiger charge is -2.23. The van der Waals surface area contributed by atoms with Crippen molar-refractivity contribution in [1.29, 1.82) is 5.41 Å². The Labute approximate surface area is 85.0 Å². The van der Waals surface area contributed by atoms with Gasteiger partial charge in [-0.3, -0.25) is 5.41 Å². The van der Waals surface area contributed by atoms with Crippen LogP contribution in [0, 0.1) is 5.41 Å². The predicted molar refractivity (Wildman–Crippen MR) is 61.0 cm³/mol. The second-order valence-corrected chi connectivity index (χ2v) is 3.10. The van der Waals surface area contributed by atoms with Gasteiger partial charge in [-0.25, -0.2) is 0 Å². The molecule has 0 saturated carbocycles. The summed E-state index contributed by atoms with van der Waals surface area (Å²) < 4.78 is 0. The van der Waals surface area contributed by atoms with Crippen molar-refractivity contribution >= 4 is 11.5 Å². The van der Waals surface area contributed by atoms with Gasteiger partial charge in [0.2, 0.25) is 0 Å². The fraction of sp³-hybridized carbons (Fsp3) is 0.364. The van der Waals surface area contributed by atoms with Crippen molar-refractivity contribution in [2.45, 2.75) is 13.8 Å². The van der Waals surface area contributed by atoms with Gasteiger partial charge in [-0.1, -0.05) is 12.1 Å².